The molecular weight excluding hydrogens is 398 g/mol. The number of aryl methyl sites for hydroxylation is 3. The van der Waals surface area contributed by atoms with E-state index in [0.29, 0.717) is 22.7 Å². The van der Waals surface area contributed by atoms with Crippen molar-refractivity contribution in [3.05, 3.63) is 58.7 Å². The highest BCUT2D eigenvalue weighted by Gasteiger charge is 2.25. The lowest BCUT2D eigenvalue weighted by Gasteiger charge is -2.28. The highest BCUT2D eigenvalue weighted by Crippen LogP contribution is 2.23. The van der Waals surface area contributed by atoms with Crippen LogP contribution in [0.3, 0.4) is 0 Å². The molecule has 3 rings (SSSR count). The molecule has 0 aromatic heterocycles. The second-order valence-corrected chi connectivity index (χ2v) is 9.96. The molecule has 1 heterocycles. The van der Waals surface area contributed by atoms with Crippen molar-refractivity contribution in [1.82, 2.24) is 10.0 Å². The van der Waals surface area contributed by atoms with Crippen LogP contribution in [-0.2, 0) is 10.0 Å². The van der Waals surface area contributed by atoms with Crippen LogP contribution in [0.4, 0.5) is 5.69 Å². The maximum atomic E-state index is 12.9. The van der Waals surface area contributed by atoms with Crippen molar-refractivity contribution in [3.8, 4) is 0 Å². The summed E-state index contributed by atoms with van der Waals surface area (Å²) < 4.78 is 28.5. The molecule has 30 heavy (non-hydrogen) atoms. The zero-order valence-corrected chi connectivity index (χ0v) is 18.9. The Morgan fingerprint density at radius 3 is 2.37 bits per heavy atom. The molecule has 6 nitrogen and oxygen atoms in total. The van der Waals surface area contributed by atoms with Crippen molar-refractivity contribution in [2.45, 2.75) is 51.5 Å². The van der Waals surface area contributed by atoms with Crippen molar-refractivity contribution in [2.24, 2.45) is 5.92 Å². The summed E-state index contributed by atoms with van der Waals surface area (Å²) >= 11 is 0. The van der Waals surface area contributed by atoms with Crippen LogP contribution in [0.15, 0.2) is 41.3 Å². The van der Waals surface area contributed by atoms with E-state index in [1.165, 1.54) is 0 Å². The molecule has 162 valence electrons. The summed E-state index contributed by atoms with van der Waals surface area (Å²) in [7, 11) is -3.62. The number of sulfonamides is 1. The quantitative estimate of drug-likeness (QED) is 0.656. The van der Waals surface area contributed by atoms with Crippen LogP contribution in [0.1, 0.15) is 46.8 Å². The van der Waals surface area contributed by atoms with Gasteiger partial charge in [0.2, 0.25) is 10.0 Å². The third kappa shape index (κ3) is 5.28. The first kappa shape index (κ1) is 22.5. The highest BCUT2D eigenvalue weighted by molar-refractivity contribution is 7.89. The Hall–Kier alpha value is -2.22. The van der Waals surface area contributed by atoms with Crippen molar-refractivity contribution in [2.75, 3.05) is 18.4 Å². The van der Waals surface area contributed by atoms with Crippen molar-refractivity contribution < 1.29 is 13.2 Å². The number of hydrogen-bond donors (Lipinski definition) is 3. The fourth-order valence-corrected chi connectivity index (χ4v) is 5.35. The van der Waals surface area contributed by atoms with E-state index >= 15 is 0 Å². The number of hydrogen-bond acceptors (Lipinski definition) is 4. The Morgan fingerprint density at radius 1 is 1.03 bits per heavy atom. The molecule has 1 atom stereocenters. The Bertz CT molecular complexity index is 1030. The highest BCUT2D eigenvalue weighted by atomic mass is 32.2. The third-order valence-corrected chi connectivity index (χ3v) is 7.37. The molecule has 2 aromatic carbocycles. The number of anilines is 1. The van der Waals surface area contributed by atoms with Crippen LogP contribution in [0, 0.1) is 26.7 Å². The largest absolute Gasteiger partial charge is 0.322 e. The lowest BCUT2D eigenvalue weighted by molar-refractivity contribution is 0.102. The monoisotopic (exact) mass is 429 g/mol. The van der Waals surface area contributed by atoms with Gasteiger partial charge in [0.1, 0.15) is 0 Å². The van der Waals surface area contributed by atoms with E-state index in [2.05, 4.69) is 15.4 Å². The molecule has 0 aliphatic carbocycles. The predicted molar refractivity (Wildman–Crippen MR) is 120 cm³/mol. The normalized spacial score (nSPS) is 16.3. The molecule has 0 radical (unpaired) electrons. The van der Waals surface area contributed by atoms with Crippen molar-refractivity contribution in [3.63, 3.8) is 0 Å². The van der Waals surface area contributed by atoms with E-state index in [0.717, 1.165) is 37.1 Å². The average molecular weight is 430 g/mol. The zero-order valence-electron chi connectivity index (χ0n) is 18.1. The smallest absolute Gasteiger partial charge is 0.255 e. The van der Waals surface area contributed by atoms with E-state index in [1.807, 2.05) is 32.9 Å². The molecule has 0 saturated carbocycles. The van der Waals surface area contributed by atoms with Gasteiger partial charge in [0.05, 0.1) is 4.90 Å². The number of amides is 1. The Morgan fingerprint density at radius 2 is 1.73 bits per heavy atom. The minimum atomic E-state index is -3.62. The summed E-state index contributed by atoms with van der Waals surface area (Å²) in [6, 6.07) is 10.4. The van der Waals surface area contributed by atoms with Gasteiger partial charge in [0.25, 0.3) is 5.91 Å². The lowest BCUT2D eigenvalue weighted by Crippen LogP contribution is -2.42. The number of carbonyl (C=O) groups excluding carboxylic acids is 1. The maximum Gasteiger partial charge on any atom is 0.255 e. The van der Waals surface area contributed by atoms with Crippen LogP contribution in [0.2, 0.25) is 0 Å². The van der Waals surface area contributed by atoms with Gasteiger partial charge in [-0.1, -0.05) is 17.7 Å². The molecule has 7 heteroatoms. The van der Waals surface area contributed by atoms with Crippen LogP contribution < -0.4 is 15.4 Å². The minimum absolute atomic E-state index is 0.124. The van der Waals surface area contributed by atoms with Gasteiger partial charge in [-0.3, -0.25) is 4.79 Å². The maximum absolute atomic E-state index is 12.9. The molecule has 1 saturated heterocycles. The Kier molecular flexibility index (Phi) is 6.95. The fourth-order valence-electron chi connectivity index (χ4n) is 3.95. The molecule has 0 bridgehead atoms. The van der Waals surface area contributed by atoms with Gasteiger partial charge in [-0.2, -0.15) is 0 Å². The standard InChI is InChI=1S/C23H31N3O3S/c1-15-5-7-21(16(2)13-15)23(27)25-22-8-6-20(14-17(22)3)30(28,29)26-18(4)19-9-11-24-12-10-19/h5-8,13-14,18-19,24,26H,9-12H2,1-4H3,(H,25,27)/t18-/m1/s1. The zero-order chi connectivity index (χ0) is 21.9. The number of nitrogens with one attached hydrogen (secondary N) is 3. The van der Waals surface area contributed by atoms with Gasteiger partial charge in [0, 0.05) is 17.3 Å². The van der Waals surface area contributed by atoms with Gasteiger partial charge >= 0.3 is 0 Å². The number of rotatable bonds is 6. The van der Waals surface area contributed by atoms with E-state index < -0.39 is 10.0 Å². The van der Waals surface area contributed by atoms with Gasteiger partial charge in [-0.15, -0.1) is 0 Å². The second-order valence-electron chi connectivity index (χ2n) is 8.25. The molecule has 1 aliphatic rings. The van der Waals surface area contributed by atoms with Crippen molar-refractivity contribution in [1.29, 1.82) is 0 Å². The molecule has 0 spiro atoms. The van der Waals surface area contributed by atoms with Gasteiger partial charge in [-0.25, -0.2) is 13.1 Å². The van der Waals surface area contributed by atoms with Gasteiger partial charge in [-0.05, 0) is 94.9 Å². The van der Waals surface area contributed by atoms with Crippen LogP contribution in [0.5, 0.6) is 0 Å². The van der Waals surface area contributed by atoms with Crippen LogP contribution >= 0.6 is 0 Å². The molecule has 1 fully saturated rings. The summed E-state index contributed by atoms with van der Waals surface area (Å²) in [6.07, 6.45) is 1.93. The summed E-state index contributed by atoms with van der Waals surface area (Å²) in [5.74, 6) is 0.127. The molecule has 2 aromatic rings. The van der Waals surface area contributed by atoms with Crippen LogP contribution in [0.25, 0.3) is 0 Å². The first-order valence-corrected chi connectivity index (χ1v) is 11.9. The number of benzene rings is 2. The predicted octanol–water partition coefficient (Wildman–Crippen LogP) is 3.53. The van der Waals surface area contributed by atoms with Crippen LogP contribution in [-0.4, -0.2) is 33.5 Å². The number of piperidine rings is 1. The van der Waals surface area contributed by atoms with E-state index in [4.69, 9.17) is 0 Å². The van der Waals surface area contributed by atoms with Crippen molar-refractivity contribution >= 4 is 21.6 Å². The summed E-state index contributed by atoms with van der Waals surface area (Å²) in [5, 5.41) is 6.20. The lowest BCUT2D eigenvalue weighted by atomic mass is 9.92. The van der Waals surface area contributed by atoms with Gasteiger partial charge < -0.3 is 10.6 Å². The Labute approximate surface area is 179 Å². The SMILES string of the molecule is Cc1ccc(C(=O)Nc2ccc(S(=O)(=O)N[C@H](C)C3CCNCC3)cc2C)c(C)c1. The molecule has 3 N–H and O–H groups in total. The van der Waals surface area contributed by atoms with E-state index in [9.17, 15) is 13.2 Å². The summed E-state index contributed by atoms with van der Waals surface area (Å²) in [6.45, 7) is 9.46. The first-order chi connectivity index (χ1) is 14.2. The number of carbonyl (C=O) groups is 1. The fraction of sp³-hybridized carbons (Fsp3) is 0.435. The second kappa shape index (κ2) is 9.29. The third-order valence-electron chi connectivity index (χ3n) is 5.81. The van der Waals surface area contributed by atoms with E-state index in [1.54, 1.807) is 31.2 Å². The minimum Gasteiger partial charge on any atom is -0.322 e. The Balaban J connectivity index is 1.73. The first-order valence-electron chi connectivity index (χ1n) is 10.4. The molecular formula is C23H31N3O3S. The summed E-state index contributed by atoms with van der Waals surface area (Å²) in [5.41, 5.74) is 3.91. The average Bonchev–Trinajstić information content (AvgIpc) is 2.69. The molecule has 1 aliphatic heterocycles. The van der Waals surface area contributed by atoms with E-state index in [-0.39, 0.29) is 16.8 Å². The molecule has 1 amide bonds. The molecule has 0 unspecified atom stereocenters. The summed E-state index contributed by atoms with van der Waals surface area (Å²) in [4.78, 5) is 12.9. The van der Waals surface area contributed by atoms with Gasteiger partial charge in [0.15, 0.2) is 0 Å². The topological polar surface area (TPSA) is 87.3 Å².